The first kappa shape index (κ1) is 12.2. The maximum absolute atomic E-state index is 9.50. The fourth-order valence-electron chi connectivity index (χ4n) is 2.09. The number of benzene rings is 2. The molecule has 90 valence electrons. The zero-order valence-electron chi connectivity index (χ0n) is 10.4. The summed E-state index contributed by atoms with van der Waals surface area (Å²) in [5, 5.41) is 9.50. The van der Waals surface area contributed by atoms with E-state index < -0.39 is 5.41 Å². The molecule has 2 aromatic carbocycles. The Balaban J connectivity index is 2.35. The van der Waals surface area contributed by atoms with Gasteiger partial charge in [-0.05, 0) is 36.6 Å². The van der Waals surface area contributed by atoms with Crippen LogP contribution in [0.5, 0.6) is 0 Å². The van der Waals surface area contributed by atoms with Gasteiger partial charge in [0.25, 0.3) is 0 Å². The van der Waals surface area contributed by atoms with Crippen molar-refractivity contribution in [2.75, 3.05) is 5.73 Å². The molecule has 0 aliphatic carbocycles. The second kappa shape index (κ2) is 4.93. The molecule has 0 heterocycles. The zero-order valence-corrected chi connectivity index (χ0v) is 10.4. The van der Waals surface area contributed by atoms with E-state index in [2.05, 4.69) is 6.07 Å². The van der Waals surface area contributed by atoms with Crippen molar-refractivity contribution < 1.29 is 0 Å². The molecule has 0 aromatic heterocycles. The fourth-order valence-corrected chi connectivity index (χ4v) is 2.09. The van der Waals surface area contributed by atoms with Crippen LogP contribution in [0.3, 0.4) is 0 Å². The lowest BCUT2D eigenvalue weighted by Crippen LogP contribution is -2.22. The molecule has 0 saturated heterocycles. The lowest BCUT2D eigenvalue weighted by molar-refractivity contribution is 0.607. The maximum atomic E-state index is 9.50. The van der Waals surface area contributed by atoms with Crippen molar-refractivity contribution in [2.45, 2.75) is 18.8 Å². The predicted molar refractivity (Wildman–Crippen MR) is 74.0 cm³/mol. The van der Waals surface area contributed by atoms with E-state index in [1.54, 1.807) is 0 Å². The fraction of sp³-hybridized carbons (Fsp3) is 0.188. The van der Waals surface area contributed by atoms with Crippen molar-refractivity contribution in [1.82, 2.24) is 0 Å². The minimum Gasteiger partial charge on any atom is -0.399 e. The van der Waals surface area contributed by atoms with E-state index in [9.17, 15) is 5.26 Å². The van der Waals surface area contributed by atoms with Gasteiger partial charge < -0.3 is 5.73 Å². The average Bonchev–Trinajstić information content (AvgIpc) is 2.40. The number of hydrogen-bond donors (Lipinski definition) is 1. The smallest absolute Gasteiger partial charge is 0.0835 e. The van der Waals surface area contributed by atoms with Crippen LogP contribution in [0.4, 0.5) is 5.69 Å². The molecule has 2 aromatic rings. The summed E-state index contributed by atoms with van der Waals surface area (Å²) < 4.78 is 0. The van der Waals surface area contributed by atoms with E-state index in [1.165, 1.54) is 0 Å². The largest absolute Gasteiger partial charge is 0.399 e. The molecule has 0 fully saturated rings. The molecule has 1 unspecified atom stereocenters. The first-order valence-corrected chi connectivity index (χ1v) is 5.95. The summed E-state index contributed by atoms with van der Waals surface area (Å²) in [6.45, 7) is 1.95. The third-order valence-corrected chi connectivity index (χ3v) is 3.17. The lowest BCUT2D eigenvalue weighted by Gasteiger charge is -2.22. The minimum absolute atomic E-state index is 0.545. The SMILES string of the molecule is CC(C#N)(Cc1ccccc1)c1cccc(N)c1. The summed E-state index contributed by atoms with van der Waals surface area (Å²) in [5.41, 5.74) is 8.07. The number of nitrogens with zero attached hydrogens (tertiary/aromatic N) is 1. The van der Waals surface area contributed by atoms with Crippen LogP contribution in [0.25, 0.3) is 0 Å². The molecule has 2 N–H and O–H groups in total. The number of nitrogens with two attached hydrogens (primary N) is 1. The Hall–Kier alpha value is -2.27. The third kappa shape index (κ3) is 2.52. The predicted octanol–water partition coefficient (Wildman–Crippen LogP) is 3.29. The van der Waals surface area contributed by atoms with Crippen LogP contribution in [-0.4, -0.2) is 0 Å². The number of rotatable bonds is 3. The average molecular weight is 236 g/mol. The number of nitrogen functional groups attached to an aromatic ring is 1. The molecule has 0 saturated carbocycles. The quantitative estimate of drug-likeness (QED) is 0.831. The highest BCUT2D eigenvalue weighted by atomic mass is 14.5. The van der Waals surface area contributed by atoms with Gasteiger partial charge in [-0.2, -0.15) is 5.26 Å². The van der Waals surface area contributed by atoms with Gasteiger partial charge in [0.2, 0.25) is 0 Å². The zero-order chi connectivity index (χ0) is 13.0. The van der Waals surface area contributed by atoms with Crippen LogP contribution in [-0.2, 0) is 11.8 Å². The second-order valence-electron chi connectivity index (χ2n) is 4.73. The van der Waals surface area contributed by atoms with E-state index in [1.807, 2.05) is 61.5 Å². The summed E-state index contributed by atoms with van der Waals surface area (Å²) >= 11 is 0. The van der Waals surface area contributed by atoms with Crippen LogP contribution in [0, 0.1) is 11.3 Å². The summed E-state index contributed by atoms with van der Waals surface area (Å²) in [7, 11) is 0. The van der Waals surface area contributed by atoms with Crippen LogP contribution in [0.1, 0.15) is 18.1 Å². The lowest BCUT2D eigenvalue weighted by atomic mass is 9.78. The second-order valence-corrected chi connectivity index (χ2v) is 4.73. The first-order valence-electron chi connectivity index (χ1n) is 5.95. The Morgan fingerprint density at radius 1 is 1.11 bits per heavy atom. The number of hydrogen-bond acceptors (Lipinski definition) is 2. The van der Waals surface area contributed by atoms with Crippen LogP contribution >= 0.6 is 0 Å². The summed E-state index contributed by atoms with van der Waals surface area (Å²) in [6.07, 6.45) is 0.688. The van der Waals surface area contributed by atoms with E-state index in [-0.39, 0.29) is 0 Å². The molecular formula is C16H16N2. The van der Waals surface area contributed by atoms with Gasteiger partial charge in [-0.3, -0.25) is 0 Å². The van der Waals surface area contributed by atoms with Crippen LogP contribution in [0.15, 0.2) is 54.6 Å². The molecule has 2 rings (SSSR count). The van der Waals surface area contributed by atoms with Crippen LogP contribution in [0.2, 0.25) is 0 Å². The molecule has 0 radical (unpaired) electrons. The van der Waals surface area contributed by atoms with E-state index >= 15 is 0 Å². The van der Waals surface area contributed by atoms with Gasteiger partial charge in [0.15, 0.2) is 0 Å². The van der Waals surface area contributed by atoms with Gasteiger partial charge in [-0.1, -0.05) is 42.5 Å². The van der Waals surface area contributed by atoms with Crippen molar-refractivity contribution in [3.8, 4) is 6.07 Å². The van der Waals surface area contributed by atoms with Gasteiger partial charge in [-0.25, -0.2) is 0 Å². The molecule has 0 spiro atoms. The normalized spacial score (nSPS) is 13.6. The highest BCUT2D eigenvalue weighted by Crippen LogP contribution is 2.28. The molecule has 1 atom stereocenters. The molecule has 0 aliphatic rings. The van der Waals surface area contributed by atoms with Crippen molar-refractivity contribution in [3.63, 3.8) is 0 Å². The Morgan fingerprint density at radius 3 is 2.44 bits per heavy atom. The first-order chi connectivity index (χ1) is 8.64. The molecule has 18 heavy (non-hydrogen) atoms. The molecule has 0 aliphatic heterocycles. The van der Waals surface area contributed by atoms with Crippen molar-refractivity contribution >= 4 is 5.69 Å². The van der Waals surface area contributed by atoms with E-state index in [0.717, 1.165) is 11.1 Å². The number of nitriles is 1. The number of anilines is 1. The molecule has 2 nitrogen and oxygen atoms in total. The highest BCUT2D eigenvalue weighted by molar-refractivity contribution is 5.46. The van der Waals surface area contributed by atoms with Gasteiger partial charge in [0.1, 0.15) is 0 Å². The standard InChI is InChI=1S/C16H16N2/c1-16(12-17,11-13-6-3-2-4-7-13)14-8-5-9-15(18)10-14/h2-10H,11,18H2,1H3. The summed E-state index contributed by atoms with van der Waals surface area (Å²) in [5.74, 6) is 0. The van der Waals surface area contributed by atoms with Gasteiger partial charge in [0, 0.05) is 5.69 Å². The van der Waals surface area contributed by atoms with Gasteiger partial charge in [-0.15, -0.1) is 0 Å². The van der Waals surface area contributed by atoms with E-state index in [4.69, 9.17) is 5.73 Å². The monoisotopic (exact) mass is 236 g/mol. The molecule has 2 heteroatoms. The third-order valence-electron chi connectivity index (χ3n) is 3.17. The Bertz CT molecular complexity index is 569. The minimum atomic E-state index is -0.545. The Kier molecular flexibility index (Phi) is 3.34. The van der Waals surface area contributed by atoms with Gasteiger partial charge >= 0.3 is 0 Å². The highest BCUT2D eigenvalue weighted by Gasteiger charge is 2.26. The Morgan fingerprint density at radius 2 is 1.83 bits per heavy atom. The Labute approximate surface area is 108 Å². The van der Waals surface area contributed by atoms with Crippen molar-refractivity contribution in [2.24, 2.45) is 0 Å². The van der Waals surface area contributed by atoms with E-state index in [0.29, 0.717) is 12.1 Å². The topological polar surface area (TPSA) is 49.8 Å². The van der Waals surface area contributed by atoms with Crippen molar-refractivity contribution in [3.05, 3.63) is 65.7 Å². The molecular weight excluding hydrogens is 220 g/mol. The summed E-state index contributed by atoms with van der Waals surface area (Å²) in [4.78, 5) is 0. The molecule has 0 amide bonds. The van der Waals surface area contributed by atoms with Gasteiger partial charge in [0.05, 0.1) is 11.5 Å². The molecule has 0 bridgehead atoms. The van der Waals surface area contributed by atoms with Crippen LogP contribution < -0.4 is 5.73 Å². The van der Waals surface area contributed by atoms with Crippen molar-refractivity contribution in [1.29, 1.82) is 5.26 Å². The maximum Gasteiger partial charge on any atom is 0.0835 e. The summed E-state index contributed by atoms with van der Waals surface area (Å²) in [6, 6.07) is 20.0.